The standard InChI is InChI=1S/C11H24O.3C2H6/c1-5-7-9-11(4)12-10(3)8-6-2;3*1-2/h10-11H,5-9H2,1-4H3;3*1-2H3. The number of unbranched alkanes of at least 4 members (excludes halogenated alkanes) is 1. The van der Waals surface area contributed by atoms with Crippen molar-refractivity contribution in [3.05, 3.63) is 0 Å². The Morgan fingerprint density at radius 1 is 0.667 bits per heavy atom. The summed E-state index contributed by atoms with van der Waals surface area (Å²) in [5, 5.41) is 0. The van der Waals surface area contributed by atoms with Crippen molar-refractivity contribution >= 4 is 0 Å². The molecule has 0 aromatic carbocycles. The summed E-state index contributed by atoms with van der Waals surface area (Å²) >= 11 is 0. The Balaban J connectivity index is -0.000000141. The van der Waals surface area contributed by atoms with Crippen LogP contribution >= 0.6 is 0 Å². The topological polar surface area (TPSA) is 9.23 Å². The van der Waals surface area contributed by atoms with Crippen LogP contribution < -0.4 is 0 Å². The van der Waals surface area contributed by atoms with Crippen molar-refractivity contribution in [2.24, 2.45) is 0 Å². The quantitative estimate of drug-likeness (QED) is 0.487. The molecule has 0 N–H and O–H groups in total. The van der Waals surface area contributed by atoms with Crippen LogP contribution in [-0.2, 0) is 4.74 Å². The number of rotatable bonds is 7. The highest BCUT2D eigenvalue weighted by atomic mass is 16.5. The smallest absolute Gasteiger partial charge is 0.0550 e. The molecule has 0 heterocycles. The summed E-state index contributed by atoms with van der Waals surface area (Å²) in [5.74, 6) is 0. The third-order valence-electron chi connectivity index (χ3n) is 2.12. The molecule has 0 rings (SSSR count). The molecule has 0 aromatic rings. The fourth-order valence-electron chi connectivity index (χ4n) is 1.43. The summed E-state index contributed by atoms with van der Waals surface area (Å²) in [6.45, 7) is 20.8. The maximum Gasteiger partial charge on any atom is 0.0550 e. The maximum absolute atomic E-state index is 5.79. The lowest BCUT2D eigenvalue weighted by atomic mass is 10.1. The van der Waals surface area contributed by atoms with Crippen LogP contribution in [0, 0.1) is 0 Å². The lowest BCUT2D eigenvalue weighted by molar-refractivity contribution is -0.00119. The van der Waals surface area contributed by atoms with Crippen LogP contribution in [0.4, 0.5) is 0 Å². The molecule has 0 saturated heterocycles. The normalized spacial score (nSPS) is 11.7. The third kappa shape index (κ3) is 29.7. The van der Waals surface area contributed by atoms with Gasteiger partial charge in [-0.15, -0.1) is 0 Å². The highest BCUT2D eigenvalue weighted by Gasteiger charge is 2.06. The van der Waals surface area contributed by atoms with E-state index in [-0.39, 0.29) is 0 Å². The monoisotopic (exact) mass is 262 g/mol. The van der Waals surface area contributed by atoms with Crippen LogP contribution in [0.25, 0.3) is 0 Å². The Morgan fingerprint density at radius 2 is 1.06 bits per heavy atom. The van der Waals surface area contributed by atoms with E-state index in [0.717, 1.165) is 0 Å². The molecule has 18 heavy (non-hydrogen) atoms. The zero-order valence-corrected chi connectivity index (χ0v) is 15.1. The Kier molecular flexibility index (Phi) is 44.5. The summed E-state index contributed by atoms with van der Waals surface area (Å²) < 4.78 is 5.79. The van der Waals surface area contributed by atoms with Gasteiger partial charge in [-0.05, 0) is 26.7 Å². The van der Waals surface area contributed by atoms with Crippen molar-refractivity contribution in [1.82, 2.24) is 0 Å². The van der Waals surface area contributed by atoms with E-state index in [1.165, 1.54) is 32.1 Å². The molecule has 1 heteroatoms. The van der Waals surface area contributed by atoms with Gasteiger partial charge in [0.25, 0.3) is 0 Å². The molecule has 1 nitrogen and oxygen atoms in total. The first-order chi connectivity index (χ1) is 8.70. The van der Waals surface area contributed by atoms with Gasteiger partial charge in [0, 0.05) is 0 Å². The highest BCUT2D eigenvalue weighted by molar-refractivity contribution is 4.55. The van der Waals surface area contributed by atoms with Gasteiger partial charge < -0.3 is 4.74 Å². The molecular weight excluding hydrogens is 220 g/mol. The van der Waals surface area contributed by atoms with Gasteiger partial charge >= 0.3 is 0 Å². The Bertz CT molecular complexity index is 91.6. The first-order valence-corrected chi connectivity index (χ1v) is 8.36. The van der Waals surface area contributed by atoms with E-state index in [4.69, 9.17) is 4.74 Å². The van der Waals surface area contributed by atoms with Gasteiger partial charge in [-0.3, -0.25) is 0 Å². The average Bonchev–Trinajstić information content (AvgIpc) is 2.43. The molecule has 0 aliphatic carbocycles. The van der Waals surface area contributed by atoms with Crippen molar-refractivity contribution < 1.29 is 4.74 Å². The van der Waals surface area contributed by atoms with Crippen molar-refractivity contribution in [3.63, 3.8) is 0 Å². The van der Waals surface area contributed by atoms with Crippen LogP contribution in [-0.4, -0.2) is 12.2 Å². The van der Waals surface area contributed by atoms with E-state index >= 15 is 0 Å². The molecule has 116 valence electrons. The highest BCUT2D eigenvalue weighted by Crippen LogP contribution is 2.09. The number of ether oxygens (including phenoxy) is 1. The Morgan fingerprint density at radius 3 is 1.39 bits per heavy atom. The molecule has 0 spiro atoms. The second kappa shape index (κ2) is 30.2. The summed E-state index contributed by atoms with van der Waals surface area (Å²) in [6, 6.07) is 0. The van der Waals surface area contributed by atoms with Crippen LogP contribution in [0.5, 0.6) is 0 Å². The fourth-order valence-corrected chi connectivity index (χ4v) is 1.43. The van der Waals surface area contributed by atoms with Crippen LogP contribution in [0.1, 0.15) is 101 Å². The lowest BCUT2D eigenvalue weighted by Crippen LogP contribution is -2.16. The fraction of sp³-hybridized carbons (Fsp3) is 1.00. The molecule has 0 bridgehead atoms. The second-order valence-corrected chi connectivity index (χ2v) is 3.69. The molecule has 2 unspecified atom stereocenters. The zero-order valence-electron chi connectivity index (χ0n) is 15.1. The molecule has 0 saturated carbocycles. The van der Waals surface area contributed by atoms with Crippen LogP contribution in [0.15, 0.2) is 0 Å². The molecule has 0 fully saturated rings. The first kappa shape index (κ1) is 26.5. The SMILES string of the molecule is CC.CC.CC.CCCCC(C)OC(C)CCC. The predicted octanol–water partition coefficient (Wildman–Crippen LogP) is 6.85. The van der Waals surface area contributed by atoms with Gasteiger partial charge in [-0.1, -0.05) is 74.7 Å². The van der Waals surface area contributed by atoms with E-state index in [1.54, 1.807) is 0 Å². The van der Waals surface area contributed by atoms with Gasteiger partial charge in [-0.25, -0.2) is 0 Å². The number of hydrogen-bond donors (Lipinski definition) is 0. The van der Waals surface area contributed by atoms with E-state index < -0.39 is 0 Å². The van der Waals surface area contributed by atoms with Gasteiger partial charge in [0.15, 0.2) is 0 Å². The first-order valence-electron chi connectivity index (χ1n) is 8.36. The summed E-state index contributed by atoms with van der Waals surface area (Å²) in [7, 11) is 0. The van der Waals surface area contributed by atoms with Crippen molar-refractivity contribution in [1.29, 1.82) is 0 Å². The van der Waals surface area contributed by atoms with Crippen molar-refractivity contribution in [2.75, 3.05) is 0 Å². The molecule has 0 radical (unpaired) electrons. The lowest BCUT2D eigenvalue weighted by Gasteiger charge is -2.18. The largest absolute Gasteiger partial charge is 0.376 e. The third-order valence-corrected chi connectivity index (χ3v) is 2.12. The van der Waals surface area contributed by atoms with Gasteiger partial charge in [0.2, 0.25) is 0 Å². The molecule has 0 aromatic heterocycles. The van der Waals surface area contributed by atoms with Gasteiger partial charge in [0.05, 0.1) is 12.2 Å². The minimum absolute atomic E-state index is 0.446. The summed E-state index contributed by atoms with van der Waals surface area (Å²) in [4.78, 5) is 0. The minimum Gasteiger partial charge on any atom is -0.376 e. The van der Waals surface area contributed by atoms with E-state index in [2.05, 4.69) is 27.7 Å². The molecule has 0 aliphatic heterocycles. The molecule has 0 amide bonds. The average molecular weight is 263 g/mol. The van der Waals surface area contributed by atoms with Crippen molar-refractivity contribution in [2.45, 2.75) is 114 Å². The summed E-state index contributed by atoms with van der Waals surface area (Å²) in [5.41, 5.74) is 0. The second-order valence-electron chi connectivity index (χ2n) is 3.69. The molecule has 2 atom stereocenters. The zero-order chi connectivity index (χ0) is 15.4. The van der Waals surface area contributed by atoms with Gasteiger partial charge in [0.1, 0.15) is 0 Å². The molecular formula is C17H42O. The maximum atomic E-state index is 5.79. The minimum atomic E-state index is 0.446. The summed E-state index contributed by atoms with van der Waals surface area (Å²) in [6.07, 6.45) is 7.09. The van der Waals surface area contributed by atoms with Crippen molar-refractivity contribution in [3.8, 4) is 0 Å². The van der Waals surface area contributed by atoms with E-state index in [1.807, 2.05) is 41.5 Å². The predicted molar refractivity (Wildman–Crippen MR) is 88.5 cm³/mol. The van der Waals surface area contributed by atoms with E-state index in [9.17, 15) is 0 Å². The van der Waals surface area contributed by atoms with E-state index in [0.29, 0.717) is 12.2 Å². The van der Waals surface area contributed by atoms with Crippen LogP contribution in [0.2, 0.25) is 0 Å². The van der Waals surface area contributed by atoms with Crippen LogP contribution in [0.3, 0.4) is 0 Å². The Labute approximate surface area is 119 Å². The van der Waals surface area contributed by atoms with Gasteiger partial charge in [-0.2, -0.15) is 0 Å². The number of hydrogen-bond acceptors (Lipinski definition) is 1. The Hall–Kier alpha value is -0.0400. The molecule has 0 aliphatic rings.